The summed E-state index contributed by atoms with van der Waals surface area (Å²) in [5.74, 6) is -10.6. The molecule has 0 aliphatic rings. The number of nitrogens with one attached hydrogen (secondary N) is 3. The SMILES string of the molecule is CC(C)[C@H](NC(=O)C(Cc1ccccc1)Cc1ccccc1)C(=O)N[C@H](C(=O)N(C(=O)[C@@H](N)CC(=O)N(C)C)[C@@H](CC(=O)O)C(=O)N[C@@H](CC(C)(C)C)C(=O)O)C(C)C. The van der Waals surface area contributed by atoms with Gasteiger partial charge in [0.2, 0.25) is 29.5 Å². The van der Waals surface area contributed by atoms with Gasteiger partial charge in [0.15, 0.2) is 0 Å². The average molecular weight is 823 g/mol. The summed E-state index contributed by atoms with van der Waals surface area (Å²) >= 11 is 0. The molecule has 0 saturated heterocycles. The Kier molecular flexibility index (Phi) is 18.9. The number of imide groups is 1. The summed E-state index contributed by atoms with van der Waals surface area (Å²) in [6, 6.07) is 10.5. The minimum Gasteiger partial charge on any atom is -0.481 e. The molecule has 0 radical (unpaired) electrons. The smallest absolute Gasteiger partial charge is 0.326 e. The van der Waals surface area contributed by atoms with E-state index in [9.17, 15) is 48.6 Å². The predicted molar refractivity (Wildman–Crippen MR) is 220 cm³/mol. The van der Waals surface area contributed by atoms with Crippen LogP contribution in [0.15, 0.2) is 60.7 Å². The van der Waals surface area contributed by atoms with Crippen molar-refractivity contribution in [2.24, 2.45) is 28.9 Å². The van der Waals surface area contributed by atoms with Crippen LogP contribution in [0.25, 0.3) is 0 Å². The van der Waals surface area contributed by atoms with Crippen LogP contribution in [0.4, 0.5) is 0 Å². The number of rotatable bonds is 21. The van der Waals surface area contributed by atoms with Gasteiger partial charge < -0.3 is 36.8 Å². The Hall–Kier alpha value is -5.64. The summed E-state index contributed by atoms with van der Waals surface area (Å²) in [6.45, 7) is 11.6. The van der Waals surface area contributed by atoms with E-state index in [1.165, 1.54) is 27.9 Å². The lowest BCUT2D eigenvalue weighted by molar-refractivity contribution is -0.158. The van der Waals surface area contributed by atoms with Gasteiger partial charge in [0.1, 0.15) is 24.2 Å². The summed E-state index contributed by atoms with van der Waals surface area (Å²) < 4.78 is 0. The quantitative estimate of drug-likeness (QED) is 0.107. The molecule has 6 amide bonds. The Morgan fingerprint density at radius 3 is 1.54 bits per heavy atom. The first-order valence-electron chi connectivity index (χ1n) is 19.7. The van der Waals surface area contributed by atoms with E-state index in [1.807, 2.05) is 60.7 Å². The number of benzene rings is 2. The highest BCUT2D eigenvalue weighted by Gasteiger charge is 2.44. The van der Waals surface area contributed by atoms with Crippen LogP contribution in [0.2, 0.25) is 0 Å². The second kappa shape index (κ2) is 22.5. The second-order valence-electron chi connectivity index (χ2n) is 17.0. The fourth-order valence-corrected chi connectivity index (χ4v) is 6.37. The van der Waals surface area contributed by atoms with E-state index < -0.39 is 114 Å². The lowest BCUT2D eigenvalue weighted by Gasteiger charge is -2.36. The number of nitrogens with two attached hydrogens (primary N) is 1. The Bertz CT molecular complexity index is 1740. The van der Waals surface area contributed by atoms with Gasteiger partial charge in [0, 0.05) is 20.0 Å². The molecule has 0 heterocycles. The molecule has 2 rings (SSSR count). The third kappa shape index (κ3) is 15.9. The number of amides is 6. The Labute approximate surface area is 346 Å². The zero-order valence-electron chi connectivity index (χ0n) is 35.6. The first-order chi connectivity index (χ1) is 27.4. The van der Waals surface area contributed by atoms with Crippen molar-refractivity contribution >= 4 is 47.4 Å². The van der Waals surface area contributed by atoms with E-state index >= 15 is 0 Å². The molecule has 324 valence electrons. The number of hydrogen-bond acceptors (Lipinski definition) is 9. The average Bonchev–Trinajstić information content (AvgIpc) is 3.14. The van der Waals surface area contributed by atoms with Crippen LogP contribution in [0.3, 0.4) is 0 Å². The predicted octanol–water partition coefficient (Wildman–Crippen LogP) is 2.38. The zero-order chi connectivity index (χ0) is 44.8. The molecule has 2 aromatic rings. The molecule has 5 atom stereocenters. The highest BCUT2D eigenvalue weighted by atomic mass is 16.4. The minimum absolute atomic E-state index is 0.100. The highest BCUT2D eigenvalue weighted by molar-refractivity contribution is 6.07. The van der Waals surface area contributed by atoms with Crippen molar-refractivity contribution in [3.63, 3.8) is 0 Å². The molecule has 16 nitrogen and oxygen atoms in total. The van der Waals surface area contributed by atoms with Crippen molar-refractivity contribution in [1.82, 2.24) is 25.8 Å². The maximum absolute atomic E-state index is 14.7. The van der Waals surface area contributed by atoms with E-state index in [4.69, 9.17) is 5.73 Å². The van der Waals surface area contributed by atoms with Crippen molar-refractivity contribution in [1.29, 1.82) is 0 Å². The fourth-order valence-electron chi connectivity index (χ4n) is 6.37. The highest BCUT2D eigenvalue weighted by Crippen LogP contribution is 2.23. The molecule has 0 aliphatic carbocycles. The van der Waals surface area contributed by atoms with Gasteiger partial charge in [0.25, 0.3) is 5.91 Å². The number of carboxylic acids is 2. The van der Waals surface area contributed by atoms with Crippen molar-refractivity contribution in [2.75, 3.05) is 14.1 Å². The molecule has 0 spiro atoms. The first-order valence-corrected chi connectivity index (χ1v) is 19.7. The van der Waals surface area contributed by atoms with Gasteiger partial charge in [-0.25, -0.2) is 4.79 Å². The molecule has 2 aromatic carbocycles. The largest absolute Gasteiger partial charge is 0.481 e. The van der Waals surface area contributed by atoms with Crippen LogP contribution in [0.1, 0.15) is 78.9 Å². The molecular formula is C43H62N6O10. The van der Waals surface area contributed by atoms with E-state index in [1.54, 1.807) is 34.6 Å². The molecule has 0 unspecified atom stereocenters. The van der Waals surface area contributed by atoms with Gasteiger partial charge in [-0.05, 0) is 47.6 Å². The van der Waals surface area contributed by atoms with Crippen molar-refractivity contribution in [3.8, 4) is 0 Å². The number of hydrogen-bond donors (Lipinski definition) is 6. The van der Waals surface area contributed by atoms with E-state index in [0.717, 1.165) is 16.0 Å². The van der Waals surface area contributed by atoms with E-state index in [-0.39, 0.29) is 6.42 Å². The topological polar surface area (TPSA) is 246 Å². The second-order valence-corrected chi connectivity index (χ2v) is 17.0. The van der Waals surface area contributed by atoms with Gasteiger partial charge in [-0.3, -0.25) is 38.5 Å². The van der Waals surface area contributed by atoms with Crippen LogP contribution in [0.5, 0.6) is 0 Å². The number of aliphatic carboxylic acids is 2. The summed E-state index contributed by atoms with van der Waals surface area (Å²) in [4.78, 5) is 109. The first kappa shape index (κ1) is 49.5. The van der Waals surface area contributed by atoms with Gasteiger partial charge in [-0.15, -0.1) is 0 Å². The van der Waals surface area contributed by atoms with Gasteiger partial charge in [-0.1, -0.05) is 109 Å². The molecule has 0 fully saturated rings. The van der Waals surface area contributed by atoms with Crippen LogP contribution < -0.4 is 21.7 Å². The minimum atomic E-state index is -2.15. The third-order valence-electron chi connectivity index (χ3n) is 9.60. The third-order valence-corrected chi connectivity index (χ3v) is 9.60. The maximum atomic E-state index is 14.7. The number of carbonyl (C=O) groups is 8. The standard InChI is InChI=1S/C43H62N6O10/c1-25(2)35(46-37(53)29(20-27-16-12-10-13-17-27)21-28-18-14-11-15-19-28)39(55)47-36(26(3)4)41(57)49(40(56)30(44)22-33(50)48(8)9)32(23-34(51)52)38(54)45-31(42(58)59)24-43(5,6)7/h10-19,25-26,29-32,35-36H,20-24,44H2,1-9H3,(H,45,54)(H,46,53)(H,47,55)(H,51,52)(H,58,59)/t30-,31-,32-,35-,36-/m0/s1. The van der Waals surface area contributed by atoms with Gasteiger partial charge in [-0.2, -0.15) is 0 Å². The van der Waals surface area contributed by atoms with Crippen LogP contribution in [-0.2, 0) is 51.2 Å². The summed E-state index contributed by atoms with van der Waals surface area (Å²) in [5, 5.41) is 27.6. The zero-order valence-corrected chi connectivity index (χ0v) is 35.6. The van der Waals surface area contributed by atoms with Crippen LogP contribution >= 0.6 is 0 Å². The number of carboxylic acid groups (broad SMARTS) is 2. The molecule has 0 bridgehead atoms. The van der Waals surface area contributed by atoms with Crippen LogP contribution in [0, 0.1) is 23.2 Å². The molecule has 59 heavy (non-hydrogen) atoms. The van der Waals surface area contributed by atoms with Crippen molar-refractivity contribution in [2.45, 2.75) is 111 Å². The van der Waals surface area contributed by atoms with Gasteiger partial charge in [0.05, 0.1) is 18.9 Å². The summed E-state index contributed by atoms with van der Waals surface area (Å²) in [6.07, 6.45) is -1.17. The lowest BCUT2D eigenvalue weighted by Crippen LogP contribution is -2.64. The number of carbonyl (C=O) groups excluding carboxylic acids is 6. The summed E-state index contributed by atoms with van der Waals surface area (Å²) in [7, 11) is 2.81. The molecule has 16 heteroatoms. The van der Waals surface area contributed by atoms with Crippen molar-refractivity contribution in [3.05, 3.63) is 71.8 Å². The van der Waals surface area contributed by atoms with Crippen LogP contribution in [-0.4, -0.2) is 112 Å². The molecule has 7 N–H and O–H groups in total. The van der Waals surface area contributed by atoms with Gasteiger partial charge >= 0.3 is 11.9 Å². The molecule has 0 aromatic heterocycles. The van der Waals surface area contributed by atoms with E-state index in [0.29, 0.717) is 17.7 Å². The van der Waals surface area contributed by atoms with E-state index in [2.05, 4.69) is 16.0 Å². The lowest BCUT2D eigenvalue weighted by atomic mass is 9.88. The normalized spacial score (nSPS) is 14.1. The molecule has 0 aliphatic heterocycles. The Balaban J connectivity index is 2.59. The molecule has 0 saturated carbocycles. The Morgan fingerprint density at radius 2 is 1.14 bits per heavy atom. The monoisotopic (exact) mass is 822 g/mol. The Morgan fingerprint density at radius 1 is 0.661 bits per heavy atom. The van der Waals surface area contributed by atoms with Crippen molar-refractivity contribution < 1.29 is 48.6 Å². The summed E-state index contributed by atoms with van der Waals surface area (Å²) in [5.41, 5.74) is 7.34. The fraction of sp³-hybridized carbons (Fsp3) is 0.535. The number of nitrogens with zero attached hydrogens (tertiary/aromatic N) is 2. The maximum Gasteiger partial charge on any atom is 0.326 e. The molecular weight excluding hydrogens is 761 g/mol.